The molecule has 1 aliphatic heterocycles. The summed E-state index contributed by atoms with van der Waals surface area (Å²) in [5, 5.41) is 3.28. The van der Waals surface area contributed by atoms with Crippen LogP contribution in [0.25, 0.3) is 0 Å². The van der Waals surface area contributed by atoms with Crippen LogP contribution in [0.4, 0.5) is 11.4 Å². The molecule has 1 aliphatic rings. The molecule has 8 heteroatoms. The number of hydrogen-bond donors (Lipinski definition) is 1. The molecule has 2 aromatic carbocycles. The van der Waals surface area contributed by atoms with E-state index in [2.05, 4.69) is 12.2 Å². The fourth-order valence-corrected chi connectivity index (χ4v) is 3.51. The number of anilines is 2. The zero-order valence-electron chi connectivity index (χ0n) is 15.8. The van der Waals surface area contributed by atoms with Gasteiger partial charge >= 0.3 is 5.97 Å². The lowest BCUT2D eigenvalue weighted by Gasteiger charge is -2.17. The molecule has 3 rings (SSSR count). The quantitative estimate of drug-likeness (QED) is 0.694. The highest BCUT2D eigenvalue weighted by atomic mass is 35.5. The van der Waals surface area contributed by atoms with Crippen molar-refractivity contribution in [3.63, 3.8) is 0 Å². The number of hydrogen-bond acceptors (Lipinski definition) is 4. The van der Waals surface area contributed by atoms with E-state index in [1.54, 1.807) is 17.0 Å². The first-order valence-corrected chi connectivity index (χ1v) is 9.93. The number of nitrogens with one attached hydrogen (secondary N) is 1. The zero-order valence-corrected chi connectivity index (χ0v) is 17.3. The predicted octanol–water partition coefficient (Wildman–Crippen LogP) is 4.09. The minimum atomic E-state index is -0.611. The molecule has 0 spiro atoms. The van der Waals surface area contributed by atoms with Crippen molar-refractivity contribution in [2.45, 2.75) is 19.8 Å². The number of halogens is 2. The third kappa shape index (κ3) is 5.28. The number of aryl methyl sites for hydroxylation is 1. The van der Waals surface area contributed by atoms with Crippen molar-refractivity contribution in [2.24, 2.45) is 5.92 Å². The van der Waals surface area contributed by atoms with Gasteiger partial charge in [0.05, 0.1) is 16.6 Å². The zero-order chi connectivity index (χ0) is 21.0. The van der Waals surface area contributed by atoms with Crippen LogP contribution in [0, 0.1) is 5.92 Å². The summed E-state index contributed by atoms with van der Waals surface area (Å²) in [6.07, 6.45) is 0.964. The van der Waals surface area contributed by atoms with Gasteiger partial charge in [-0.15, -0.1) is 0 Å². The number of benzene rings is 2. The number of esters is 1. The molecule has 0 unspecified atom stereocenters. The molecular formula is C21H20Cl2N2O4. The van der Waals surface area contributed by atoms with E-state index in [4.69, 9.17) is 27.9 Å². The third-order valence-corrected chi connectivity index (χ3v) is 5.21. The average Bonchev–Trinajstić information content (AvgIpc) is 3.10. The summed E-state index contributed by atoms with van der Waals surface area (Å²) >= 11 is 11.8. The first-order valence-electron chi connectivity index (χ1n) is 9.18. The Morgan fingerprint density at radius 1 is 1.17 bits per heavy atom. The van der Waals surface area contributed by atoms with Crippen LogP contribution in [0.2, 0.25) is 10.0 Å². The summed E-state index contributed by atoms with van der Waals surface area (Å²) in [5.41, 5.74) is 2.29. The van der Waals surface area contributed by atoms with E-state index < -0.39 is 24.4 Å². The number of carbonyl (C=O) groups excluding carboxylic acids is 3. The molecule has 0 aliphatic carbocycles. The summed E-state index contributed by atoms with van der Waals surface area (Å²) in [5.74, 6) is -1.86. The summed E-state index contributed by atoms with van der Waals surface area (Å²) < 4.78 is 5.09. The molecule has 2 aromatic rings. The number of rotatable bonds is 6. The van der Waals surface area contributed by atoms with Crippen molar-refractivity contribution in [2.75, 3.05) is 23.4 Å². The van der Waals surface area contributed by atoms with Gasteiger partial charge in [-0.1, -0.05) is 42.3 Å². The van der Waals surface area contributed by atoms with E-state index in [1.165, 1.54) is 11.6 Å². The Balaban J connectivity index is 1.52. The van der Waals surface area contributed by atoms with E-state index in [-0.39, 0.29) is 23.9 Å². The molecule has 1 saturated heterocycles. The fraction of sp³-hybridized carbons (Fsp3) is 0.286. The van der Waals surface area contributed by atoms with Crippen LogP contribution in [-0.4, -0.2) is 30.9 Å². The second-order valence-electron chi connectivity index (χ2n) is 6.71. The van der Waals surface area contributed by atoms with Crippen LogP contribution in [0.15, 0.2) is 42.5 Å². The summed E-state index contributed by atoms with van der Waals surface area (Å²) in [7, 11) is 0. The molecule has 0 radical (unpaired) electrons. The maximum atomic E-state index is 12.3. The minimum absolute atomic E-state index is 0.0546. The van der Waals surface area contributed by atoms with Crippen molar-refractivity contribution in [1.29, 1.82) is 0 Å². The van der Waals surface area contributed by atoms with Gasteiger partial charge in [0.1, 0.15) is 0 Å². The summed E-state index contributed by atoms with van der Waals surface area (Å²) in [4.78, 5) is 38.2. The van der Waals surface area contributed by atoms with Gasteiger partial charge in [0, 0.05) is 23.7 Å². The Bertz CT molecular complexity index is 931. The molecule has 0 aromatic heterocycles. The Labute approximate surface area is 178 Å². The Morgan fingerprint density at radius 2 is 1.90 bits per heavy atom. The standard InChI is InChI=1S/C21H20Cl2N2O4/c1-2-13-3-6-16(7-4-13)25-11-14(9-20(25)27)21(28)29-12-19(26)24-18-8-5-15(22)10-17(18)23/h3-8,10,14H,2,9,11-12H2,1H3,(H,24,26)/t14-/m1/s1. The van der Waals surface area contributed by atoms with Gasteiger partial charge < -0.3 is 15.0 Å². The van der Waals surface area contributed by atoms with E-state index in [9.17, 15) is 14.4 Å². The molecule has 1 N–H and O–H groups in total. The molecule has 0 saturated carbocycles. The normalized spacial score (nSPS) is 16.0. The second kappa shape index (κ2) is 9.29. The molecule has 6 nitrogen and oxygen atoms in total. The highest BCUT2D eigenvalue weighted by Gasteiger charge is 2.36. The smallest absolute Gasteiger partial charge is 0.311 e. The van der Waals surface area contributed by atoms with Crippen molar-refractivity contribution in [1.82, 2.24) is 0 Å². The maximum absolute atomic E-state index is 12.3. The summed E-state index contributed by atoms with van der Waals surface area (Å²) in [6, 6.07) is 12.3. The molecule has 29 heavy (non-hydrogen) atoms. The summed E-state index contributed by atoms with van der Waals surface area (Å²) in [6.45, 7) is 1.82. The highest BCUT2D eigenvalue weighted by Crippen LogP contribution is 2.27. The predicted molar refractivity (Wildman–Crippen MR) is 112 cm³/mol. The van der Waals surface area contributed by atoms with Crippen LogP contribution in [-0.2, 0) is 25.5 Å². The van der Waals surface area contributed by atoms with Crippen LogP contribution in [0.3, 0.4) is 0 Å². The molecule has 1 fully saturated rings. The topological polar surface area (TPSA) is 75.7 Å². The Morgan fingerprint density at radius 3 is 2.55 bits per heavy atom. The van der Waals surface area contributed by atoms with Crippen molar-refractivity contribution in [3.05, 3.63) is 58.1 Å². The number of carbonyl (C=O) groups is 3. The molecule has 1 heterocycles. The second-order valence-corrected chi connectivity index (χ2v) is 7.55. The van der Waals surface area contributed by atoms with Gasteiger partial charge in [0.25, 0.3) is 5.91 Å². The van der Waals surface area contributed by atoms with Gasteiger partial charge in [-0.05, 0) is 42.3 Å². The molecule has 2 amide bonds. The van der Waals surface area contributed by atoms with Crippen LogP contribution in [0.5, 0.6) is 0 Å². The monoisotopic (exact) mass is 434 g/mol. The van der Waals surface area contributed by atoms with Crippen molar-refractivity contribution < 1.29 is 19.1 Å². The van der Waals surface area contributed by atoms with Crippen molar-refractivity contribution in [3.8, 4) is 0 Å². The van der Waals surface area contributed by atoms with Gasteiger partial charge in [-0.25, -0.2) is 0 Å². The first kappa shape index (κ1) is 21.1. The Kier molecular flexibility index (Phi) is 6.77. The number of amides is 2. The van der Waals surface area contributed by atoms with E-state index >= 15 is 0 Å². The van der Waals surface area contributed by atoms with Gasteiger partial charge in [-0.2, -0.15) is 0 Å². The van der Waals surface area contributed by atoms with Crippen LogP contribution < -0.4 is 10.2 Å². The van der Waals surface area contributed by atoms with Crippen LogP contribution in [0.1, 0.15) is 18.9 Å². The SMILES string of the molecule is CCc1ccc(N2C[C@H](C(=O)OCC(=O)Nc3ccc(Cl)cc3Cl)CC2=O)cc1. The van der Waals surface area contributed by atoms with E-state index in [0.717, 1.165) is 12.1 Å². The lowest BCUT2D eigenvalue weighted by molar-refractivity contribution is -0.151. The molecule has 152 valence electrons. The molecular weight excluding hydrogens is 415 g/mol. The number of ether oxygens (including phenoxy) is 1. The highest BCUT2D eigenvalue weighted by molar-refractivity contribution is 6.36. The lowest BCUT2D eigenvalue weighted by atomic mass is 10.1. The van der Waals surface area contributed by atoms with Crippen LogP contribution >= 0.6 is 23.2 Å². The fourth-order valence-electron chi connectivity index (χ4n) is 3.06. The number of nitrogens with zero attached hydrogens (tertiary/aromatic N) is 1. The van der Waals surface area contributed by atoms with Gasteiger partial charge in [-0.3, -0.25) is 14.4 Å². The Hall–Kier alpha value is -2.57. The van der Waals surface area contributed by atoms with E-state index in [1.807, 2.05) is 24.3 Å². The lowest BCUT2D eigenvalue weighted by Crippen LogP contribution is -2.28. The van der Waals surface area contributed by atoms with Gasteiger partial charge in [0.2, 0.25) is 5.91 Å². The minimum Gasteiger partial charge on any atom is -0.455 e. The maximum Gasteiger partial charge on any atom is 0.311 e. The average molecular weight is 435 g/mol. The van der Waals surface area contributed by atoms with E-state index in [0.29, 0.717) is 10.7 Å². The van der Waals surface area contributed by atoms with Crippen molar-refractivity contribution >= 4 is 52.4 Å². The van der Waals surface area contributed by atoms with Gasteiger partial charge in [0.15, 0.2) is 6.61 Å². The largest absolute Gasteiger partial charge is 0.455 e. The third-order valence-electron chi connectivity index (χ3n) is 4.67. The molecule has 1 atom stereocenters. The molecule has 0 bridgehead atoms. The first-order chi connectivity index (χ1) is 13.9.